The van der Waals surface area contributed by atoms with Gasteiger partial charge in [-0.25, -0.2) is 4.98 Å². The van der Waals surface area contributed by atoms with E-state index in [9.17, 15) is 4.79 Å². The van der Waals surface area contributed by atoms with Crippen LogP contribution in [-0.2, 0) is 11.2 Å². The van der Waals surface area contributed by atoms with E-state index >= 15 is 0 Å². The van der Waals surface area contributed by atoms with Crippen molar-refractivity contribution in [1.82, 2.24) is 9.97 Å². The number of hydrogen-bond acceptors (Lipinski definition) is 3. The van der Waals surface area contributed by atoms with E-state index in [1.807, 2.05) is 31.2 Å². The topological polar surface area (TPSA) is 55.0 Å². The SMILES string of the molecule is CCOc1ccc(-c2cnc(CCC(C)=O)[nH]2)cc1. The molecule has 0 bridgehead atoms. The number of nitrogens with one attached hydrogen (secondary N) is 1. The monoisotopic (exact) mass is 258 g/mol. The van der Waals surface area contributed by atoms with Crippen molar-refractivity contribution in [3.05, 3.63) is 36.3 Å². The molecule has 100 valence electrons. The van der Waals surface area contributed by atoms with Crippen molar-refractivity contribution in [2.75, 3.05) is 6.61 Å². The van der Waals surface area contributed by atoms with E-state index in [1.165, 1.54) is 0 Å². The van der Waals surface area contributed by atoms with Gasteiger partial charge in [0.25, 0.3) is 0 Å². The summed E-state index contributed by atoms with van der Waals surface area (Å²) < 4.78 is 5.40. The maximum absolute atomic E-state index is 10.9. The van der Waals surface area contributed by atoms with Crippen molar-refractivity contribution in [3.63, 3.8) is 0 Å². The van der Waals surface area contributed by atoms with Crippen LogP contribution in [0.1, 0.15) is 26.1 Å². The smallest absolute Gasteiger partial charge is 0.130 e. The van der Waals surface area contributed by atoms with Gasteiger partial charge in [-0.2, -0.15) is 0 Å². The van der Waals surface area contributed by atoms with Gasteiger partial charge in [-0.05, 0) is 43.7 Å². The van der Waals surface area contributed by atoms with Gasteiger partial charge in [-0.3, -0.25) is 0 Å². The minimum Gasteiger partial charge on any atom is -0.494 e. The molecule has 0 amide bonds. The van der Waals surface area contributed by atoms with Crippen LogP contribution >= 0.6 is 0 Å². The standard InChI is InChI=1S/C15H18N2O2/c1-3-19-13-7-5-12(6-8-13)14-10-16-15(17-14)9-4-11(2)18/h5-8,10H,3-4,9H2,1-2H3,(H,16,17). The molecule has 0 radical (unpaired) electrons. The van der Waals surface area contributed by atoms with E-state index in [4.69, 9.17) is 4.74 Å². The Morgan fingerprint density at radius 1 is 1.32 bits per heavy atom. The minimum absolute atomic E-state index is 0.180. The fourth-order valence-electron chi connectivity index (χ4n) is 1.83. The first-order valence-electron chi connectivity index (χ1n) is 6.45. The normalized spacial score (nSPS) is 10.4. The van der Waals surface area contributed by atoms with Crippen LogP contribution in [0.15, 0.2) is 30.5 Å². The summed E-state index contributed by atoms with van der Waals surface area (Å²) in [7, 11) is 0. The average molecular weight is 258 g/mol. The number of carbonyl (C=O) groups is 1. The first-order valence-corrected chi connectivity index (χ1v) is 6.45. The number of benzene rings is 1. The van der Waals surface area contributed by atoms with Crippen molar-refractivity contribution in [3.8, 4) is 17.0 Å². The highest BCUT2D eigenvalue weighted by Gasteiger charge is 2.04. The van der Waals surface area contributed by atoms with Crippen LogP contribution in [0, 0.1) is 0 Å². The van der Waals surface area contributed by atoms with Crippen LogP contribution in [-0.4, -0.2) is 22.4 Å². The summed E-state index contributed by atoms with van der Waals surface area (Å²) in [6.07, 6.45) is 2.98. The molecule has 0 aliphatic heterocycles. The highest BCUT2D eigenvalue weighted by atomic mass is 16.5. The van der Waals surface area contributed by atoms with Gasteiger partial charge in [0.2, 0.25) is 0 Å². The van der Waals surface area contributed by atoms with Crippen molar-refractivity contribution in [1.29, 1.82) is 0 Å². The summed E-state index contributed by atoms with van der Waals surface area (Å²) in [6, 6.07) is 7.87. The van der Waals surface area contributed by atoms with Crippen LogP contribution < -0.4 is 4.74 Å². The van der Waals surface area contributed by atoms with Gasteiger partial charge < -0.3 is 14.5 Å². The Morgan fingerprint density at radius 2 is 2.05 bits per heavy atom. The molecular weight excluding hydrogens is 240 g/mol. The second-order valence-corrected chi connectivity index (χ2v) is 4.40. The lowest BCUT2D eigenvalue weighted by Gasteiger charge is -2.03. The molecule has 1 heterocycles. The highest BCUT2D eigenvalue weighted by Crippen LogP contribution is 2.21. The number of aryl methyl sites for hydroxylation is 1. The number of hydrogen-bond donors (Lipinski definition) is 1. The number of aromatic nitrogens is 2. The molecule has 2 rings (SSSR count). The molecule has 0 aliphatic carbocycles. The molecule has 0 spiro atoms. The first-order chi connectivity index (χ1) is 9.19. The molecule has 4 heteroatoms. The maximum Gasteiger partial charge on any atom is 0.130 e. The van der Waals surface area contributed by atoms with E-state index in [1.54, 1.807) is 13.1 Å². The third-order valence-electron chi connectivity index (χ3n) is 2.82. The number of rotatable bonds is 6. The van der Waals surface area contributed by atoms with Gasteiger partial charge in [0.15, 0.2) is 0 Å². The number of ether oxygens (including phenoxy) is 1. The van der Waals surface area contributed by atoms with Gasteiger partial charge in [0.05, 0.1) is 18.5 Å². The Bertz CT molecular complexity index is 544. The number of Topliss-reactive ketones (excluding diaryl/α,β-unsaturated/α-hetero) is 1. The number of imidazole rings is 1. The highest BCUT2D eigenvalue weighted by molar-refractivity contribution is 5.75. The second kappa shape index (κ2) is 6.18. The van der Waals surface area contributed by atoms with Crippen molar-refractivity contribution in [2.24, 2.45) is 0 Å². The summed E-state index contributed by atoms with van der Waals surface area (Å²) in [5, 5.41) is 0. The molecule has 0 fully saturated rings. The molecule has 1 aromatic carbocycles. The summed E-state index contributed by atoms with van der Waals surface area (Å²) in [6.45, 7) is 4.22. The Morgan fingerprint density at radius 3 is 2.68 bits per heavy atom. The quantitative estimate of drug-likeness (QED) is 0.866. The van der Waals surface area contributed by atoms with Gasteiger partial charge in [-0.15, -0.1) is 0 Å². The molecule has 1 N–H and O–H groups in total. The van der Waals surface area contributed by atoms with Gasteiger partial charge in [0.1, 0.15) is 17.4 Å². The van der Waals surface area contributed by atoms with Gasteiger partial charge in [0, 0.05) is 12.8 Å². The Hall–Kier alpha value is -2.10. The van der Waals surface area contributed by atoms with Crippen LogP contribution in [0.25, 0.3) is 11.3 Å². The zero-order chi connectivity index (χ0) is 13.7. The number of H-pyrrole nitrogens is 1. The van der Waals surface area contributed by atoms with Crippen LogP contribution in [0.3, 0.4) is 0 Å². The molecule has 0 unspecified atom stereocenters. The fourth-order valence-corrected chi connectivity index (χ4v) is 1.83. The molecule has 2 aromatic rings. The van der Waals surface area contributed by atoms with E-state index in [0.29, 0.717) is 19.4 Å². The van der Waals surface area contributed by atoms with Crippen LogP contribution in [0.4, 0.5) is 0 Å². The second-order valence-electron chi connectivity index (χ2n) is 4.40. The lowest BCUT2D eigenvalue weighted by molar-refractivity contribution is -0.117. The summed E-state index contributed by atoms with van der Waals surface area (Å²) in [5.74, 6) is 1.89. The van der Waals surface area contributed by atoms with Crippen molar-refractivity contribution >= 4 is 5.78 Å². The third kappa shape index (κ3) is 3.68. The Balaban J connectivity index is 2.07. The lowest BCUT2D eigenvalue weighted by Crippen LogP contribution is -1.95. The van der Waals surface area contributed by atoms with Crippen LogP contribution in [0.2, 0.25) is 0 Å². The van der Waals surface area contributed by atoms with Crippen molar-refractivity contribution < 1.29 is 9.53 Å². The first kappa shape index (κ1) is 13.3. The lowest BCUT2D eigenvalue weighted by atomic mass is 10.1. The Labute approximate surface area is 112 Å². The zero-order valence-electron chi connectivity index (χ0n) is 11.3. The molecule has 0 atom stereocenters. The predicted octanol–water partition coefficient (Wildman–Crippen LogP) is 3.00. The molecule has 1 aromatic heterocycles. The van der Waals surface area contributed by atoms with E-state index < -0.39 is 0 Å². The molecule has 0 aliphatic rings. The minimum atomic E-state index is 0.180. The fraction of sp³-hybridized carbons (Fsp3) is 0.333. The number of carbonyl (C=O) groups excluding carboxylic acids is 1. The summed E-state index contributed by atoms with van der Waals surface area (Å²) in [5.41, 5.74) is 2.02. The number of nitrogens with zero attached hydrogens (tertiary/aromatic N) is 1. The predicted molar refractivity (Wildman–Crippen MR) is 74.2 cm³/mol. The third-order valence-corrected chi connectivity index (χ3v) is 2.82. The van der Waals surface area contributed by atoms with E-state index in [-0.39, 0.29) is 5.78 Å². The molecule has 4 nitrogen and oxygen atoms in total. The van der Waals surface area contributed by atoms with Crippen LogP contribution in [0.5, 0.6) is 5.75 Å². The van der Waals surface area contributed by atoms with E-state index in [0.717, 1.165) is 22.8 Å². The number of aromatic amines is 1. The van der Waals surface area contributed by atoms with Gasteiger partial charge in [-0.1, -0.05) is 0 Å². The van der Waals surface area contributed by atoms with Gasteiger partial charge >= 0.3 is 0 Å². The van der Waals surface area contributed by atoms with E-state index in [2.05, 4.69) is 9.97 Å². The summed E-state index contributed by atoms with van der Waals surface area (Å²) in [4.78, 5) is 18.5. The van der Waals surface area contributed by atoms with Crippen molar-refractivity contribution in [2.45, 2.75) is 26.7 Å². The molecular formula is C15H18N2O2. The largest absolute Gasteiger partial charge is 0.494 e. The number of ketones is 1. The molecule has 19 heavy (non-hydrogen) atoms. The average Bonchev–Trinajstić information content (AvgIpc) is 2.86. The molecule has 0 saturated carbocycles. The summed E-state index contributed by atoms with van der Waals surface area (Å²) >= 11 is 0. The maximum atomic E-state index is 10.9. The zero-order valence-corrected chi connectivity index (χ0v) is 11.3. The Kier molecular flexibility index (Phi) is 4.34. The molecule has 0 saturated heterocycles.